The first-order valence-electron chi connectivity index (χ1n) is 7.81. The molecule has 2 fully saturated rings. The fourth-order valence-electron chi connectivity index (χ4n) is 3.03. The summed E-state index contributed by atoms with van der Waals surface area (Å²) in [4.78, 5) is 16.7. The minimum Gasteiger partial charge on any atom is -0.340 e. The van der Waals surface area contributed by atoms with Gasteiger partial charge in [0.15, 0.2) is 0 Å². The second-order valence-electron chi connectivity index (χ2n) is 6.18. The van der Waals surface area contributed by atoms with Crippen molar-refractivity contribution >= 4 is 5.91 Å². The summed E-state index contributed by atoms with van der Waals surface area (Å²) in [6.07, 6.45) is 3.32. The number of nitrogens with zero attached hydrogens (tertiary/aromatic N) is 2. The Kier molecular flexibility index (Phi) is 4.06. The first-order valence-corrected chi connectivity index (χ1v) is 7.81. The average molecular weight is 272 g/mol. The third-order valence-corrected chi connectivity index (χ3v) is 4.53. The molecule has 0 spiro atoms. The van der Waals surface area contributed by atoms with E-state index in [0.717, 1.165) is 45.4 Å². The lowest BCUT2D eigenvalue weighted by Crippen LogP contribution is -2.54. The SMILES string of the molecule is CC1CN(C(=O)C2CC2)CCN1CCc1ccccc1. The lowest BCUT2D eigenvalue weighted by Gasteiger charge is -2.40. The monoisotopic (exact) mass is 272 g/mol. The standard InChI is InChI=1S/C17H24N2O/c1-14-13-19(17(20)16-7-8-16)12-11-18(14)10-9-15-5-3-2-4-6-15/h2-6,14,16H,7-13H2,1H3. The van der Waals surface area contributed by atoms with Crippen LogP contribution in [-0.4, -0.2) is 47.9 Å². The van der Waals surface area contributed by atoms with E-state index in [2.05, 4.69) is 47.1 Å². The first-order chi connectivity index (χ1) is 9.74. The van der Waals surface area contributed by atoms with Crippen molar-refractivity contribution in [3.05, 3.63) is 35.9 Å². The predicted octanol–water partition coefficient (Wildman–Crippen LogP) is 2.17. The van der Waals surface area contributed by atoms with Crippen LogP contribution in [0.5, 0.6) is 0 Å². The highest BCUT2D eigenvalue weighted by Gasteiger charge is 2.36. The Balaban J connectivity index is 1.48. The van der Waals surface area contributed by atoms with Gasteiger partial charge in [-0.1, -0.05) is 30.3 Å². The van der Waals surface area contributed by atoms with Gasteiger partial charge in [-0.3, -0.25) is 9.69 Å². The van der Waals surface area contributed by atoms with Gasteiger partial charge in [0.1, 0.15) is 0 Å². The molecule has 1 aromatic rings. The minimum atomic E-state index is 0.359. The predicted molar refractivity (Wildman–Crippen MR) is 80.5 cm³/mol. The highest BCUT2D eigenvalue weighted by Crippen LogP contribution is 2.31. The Bertz CT molecular complexity index is 455. The van der Waals surface area contributed by atoms with Crippen molar-refractivity contribution in [2.75, 3.05) is 26.2 Å². The molecule has 3 rings (SSSR count). The summed E-state index contributed by atoms with van der Waals surface area (Å²) in [6.45, 7) is 6.18. The topological polar surface area (TPSA) is 23.6 Å². The van der Waals surface area contributed by atoms with Gasteiger partial charge >= 0.3 is 0 Å². The zero-order valence-corrected chi connectivity index (χ0v) is 12.3. The van der Waals surface area contributed by atoms with E-state index in [1.54, 1.807) is 0 Å². The Morgan fingerprint density at radius 1 is 1.20 bits per heavy atom. The van der Waals surface area contributed by atoms with Crippen LogP contribution >= 0.6 is 0 Å². The fraction of sp³-hybridized carbons (Fsp3) is 0.588. The molecule has 1 atom stereocenters. The van der Waals surface area contributed by atoms with Gasteiger partial charge in [-0.05, 0) is 31.7 Å². The highest BCUT2D eigenvalue weighted by molar-refractivity contribution is 5.81. The second kappa shape index (κ2) is 5.96. The number of rotatable bonds is 4. The van der Waals surface area contributed by atoms with Crippen LogP contribution in [0.4, 0.5) is 0 Å². The largest absolute Gasteiger partial charge is 0.340 e. The van der Waals surface area contributed by atoms with Gasteiger partial charge in [0.25, 0.3) is 0 Å². The van der Waals surface area contributed by atoms with E-state index in [1.165, 1.54) is 5.56 Å². The fourth-order valence-corrected chi connectivity index (χ4v) is 3.03. The van der Waals surface area contributed by atoms with Crippen molar-refractivity contribution in [2.45, 2.75) is 32.2 Å². The normalized spacial score (nSPS) is 23.9. The third kappa shape index (κ3) is 3.21. The van der Waals surface area contributed by atoms with Gasteiger partial charge in [-0.25, -0.2) is 0 Å². The molecule has 0 N–H and O–H groups in total. The van der Waals surface area contributed by atoms with Crippen LogP contribution in [0.2, 0.25) is 0 Å². The van der Waals surface area contributed by atoms with Crippen LogP contribution in [0.25, 0.3) is 0 Å². The van der Waals surface area contributed by atoms with Gasteiger partial charge in [0.05, 0.1) is 0 Å². The van der Waals surface area contributed by atoms with Crippen molar-refractivity contribution in [1.29, 1.82) is 0 Å². The quantitative estimate of drug-likeness (QED) is 0.838. The molecule has 1 saturated heterocycles. The Morgan fingerprint density at radius 2 is 1.95 bits per heavy atom. The number of carbonyl (C=O) groups excluding carboxylic acids is 1. The molecule has 1 amide bonds. The summed E-state index contributed by atoms with van der Waals surface area (Å²) in [5.74, 6) is 0.762. The molecule has 1 heterocycles. The van der Waals surface area contributed by atoms with Crippen molar-refractivity contribution in [2.24, 2.45) is 5.92 Å². The molecule has 1 aromatic carbocycles. The van der Waals surface area contributed by atoms with E-state index in [9.17, 15) is 4.79 Å². The summed E-state index contributed by atoms with van der Waals surface area (Å²) < 4.78 is 0. The lowest BCUT2D eigenvalue weighted by atomic mass is 10.1. The van der Waals surface area contributed by atoms with E-state index in [4.69, 9.17) is 0 Å². The highest BCUT2D eigenvalue weighted by atomic mass is 16.2. The van der Waals surface area contributed by atoms with Crippen molar-refractivity contribution in [1.82, 2.24) is 9.80 Å². The molecule has 1 saturated carbocycles. The molecular formula is C17H24N2O. The van der Waals surface area contributed by atoms with Crippen molar-refractivity contribution in [3.8, 4) is 0 Å². The zero-order valence-electron chi connectivity index (χ0n) is 12.3. The maximum absolute atomic E-state index is 12.1. The molecule has 3 heteroatoms. The van der Waals surface area contributed by atoms with Gasteiger partial charge in [0.2, 0.25) is 5.91 Å². The number of benzene rings is 1. The molecule has 1 aliphatic carbocycles. The van der Waals surface area contributed by atoms with Crippen LogP contribution in [0.1, 0.15) is 25.3 Å². The van der Waals surface area contributed by atoms with E-state index < -0.39 is 0 Å². The summed E-state index contributed by atoms with van der Waals surface area (Å²) in [5.41, 5.74) is 1.40. The summed E-state index contributed by atoms with van der Waals surface area (Å²) in [7, 11) is 0. The van der Waals surface area contributed by atoms with E-state index >= 15 is 0 Å². The summed E-state index contributed by atoms with van der Waals surface area (Å²) in [5, 5.41) is 0. The zero-order chi connectivity index (χ0) is 13.9. The van der Waals surface area contributed by atoms with Gasteiger partial charge in [-0.15, -0.1) is 0 Å². The van der Waals surface area contributed by atoms with E-state index in [1.807, 2.05) is 0 Å². The van der Waals surface area contributed by atoms with Crippen molar-refractivity contribution in [3.63, 3.8) is 0 Å². The van der Waals surface area contributed by atoms with Crippen molar-refractivity contribution < 1.29 is 4.79 Å². The Hall–Kier alpha value is -1.35. The van der Waals surface area contributed by atoms with Crippen LogP contribution in [0, 0.1) is 5.92 Å². The number of amides is 1. The Morgan fingerprint density at radius 3 is 2.60 bits per heavy atom. The average Bonchev–Trinajstić information content (AvgIpc) is 3.31. The van der Waals surface area contributed by atoms with Crippen LogP contribution in [0.15, 0.2) is 30.3 Å². The molecule has 1 unspecified atom stereocenters. The molecule has 0 bridgehead atoms. The number of carbonyl (C=O) groups is 1. The number of hydrogen-bond acceptors (Lipinski definition) is 2. The summed E-state index contributed by atoms with van der Waals surface area (Å²) >= 11 is 0. The molecule has 0 aromatic heterocycles. The van der Waals surface area contributed by atoms with Gasteiger partial charge in [0, 0.05) is 38.1 Å². The van der Waals surface area contributed by atoms with Crippen LogP contribution < -0.4 is 0 Å². The van der Waals surface area contributed by atoms with Gasteiger partial charge in [-0.2, -0.15) is 0 Å². The molecule has 108 valence electrons. The van der Waals surface area contributed by atoms with Crippen LogP contribution in [0.3, 0.4) is 0 Å². The third-order valence-electron chi connectivity index (χ3n) is 4.53. The lowest BCUT2D eigenvalue weighted by molar-refractivity contribution is -0.135. The first kappa shape index (κ1) is 13.6. The smallest absolute Gasteiger partial charge is 0.225 e. The maximum atomic E-state index is 12.1. The summed E-state index contributed by atoms with van der Waals surface area (Å²) in [6, 6.07) is 11.1. The molecule has 2 aliphatic rings. The number of hydrogen-bond donors (Lipinski definition) is 0. The van der Waals surface area contributed by atoms with Gasteiger partial charge < -0.3 is 4.90 Å². The molecule has 3 nitrogen and oxygen atoms in total. The molecule has 20 heavy (non-hydrogen) atoms. The molecular weight excluding hydrogens is 248 g/mol. The van der Waals surface area contributed by atoms with E-state index in [-0.39, 0.29) is 0 Å². The van der Waals surface area contributed by atoms with Crippen LogP contribution in [-0.2, 0) is 11.2 Å². The molecule has 0 radical (unpaired) electrons. The number of piperazine rings is 1. The minimum absolute atomic E-state index is 0.359. The Labute approximate surface area is 121 Å². The maximum Gasteiger partial charge on any atom is 0.225 e. The second-order valence-corrected chi connectivity index (χ2v) is 6.18. The van der Waals surface area contributed by atoms with E-state index in [0.29, 0.717) is 17.9 Å². The molecule has 1 aliphatic heterocycles.